The van der Waals surface area contributed by atoms with E-state index in [0.717, 1.165) is 44.9 Å². The van der Waals surface area contributed by atoms with Crippen molar-refractivity contribution in [3.8, 4) is 0 Å². The van der Waals surface area contributed by atoms with Gasteiger partial charge in [-0.15, -0.1) is 24.0 Å². The molecule has 1 rings (SSSR count). The zero-order chi connectivity index (χ0) is 23.4. The summed E-state index contributed by atoms with van der Waals surface area (Å²) in [6.45, 7) is 14.4. The van der Waals surface area contributed by atoms with Gasteiger partial charge in [0, 0.05) is 52.9 Å². The Kier molecular flexibility index (Phi) is 14.9. The van der Waals surface area contributed by atoms with E-state index in [1.54, 1.807) is 23.9 Å². The summed E-state index contributed by atoms with van der Waals surface area (Å²) in [5.41, 5.74) is -0.505. The summed E-state index contributed by atoms with van der Waals surface area (Å²) in [6.07, 6.45) is 2.51. The summed E-state index contributed by atoms with van der Waals surface area (Å²) in [6, 6.07) is 0.320. The van der Waals surface area contributed by atoms with E-state index in [2.05, 4.69) is 20.5 Å². The van der Waals surface area contributed by atoms with Crippen LogP contribution in [-0.4, -0.2) is 104 Å². The van der Waals surface area contributed by atoms with Gasteiger partial charge < -0.3 is 25.2 Å². The fourth-order valence-electron chi connectivity index (χ4n) is 3.25. The van der Waals surface area contributed by atoms with Crippen LogP contribution in [0, 0.1) is 0 Å². The fraction of sp³-hybridized carbons (Fsp3) is 0.864. The Balaban J connectivity index is 0.00000961. The van der Waals surface area contributed by atoms with Crippen LogP contribution in [-0.2, 0) is 9.53 Å². The number of rotatable bonds is 9. The molecule has 0 aliphatic carbocycles. The van der Waals surface area contributed by atoms with E-state index in [1.807, 2.05) is 34.6 Å². The van der Waals surface area contributed by atoms with Gasteiger partial charge in [0.15, 0.2) is 5.96 Å². The number of hydrogen-bond acceptors (Lipinski definition) is 5. The number of halogens is 1. The summed E-state index contributed by atoms with van der Waals surface area (Å²) in [7, 11) is 3.58. The third-order valence-electron chi connectivity index (χ3n) is 4.92. The van der Waals surface area contributed by atoms with Crippen molar-refractivity contribution in [1.82, 2.24) is 25.3 Å². The molecule has 2 amide bonds. The highest BCUT2D eigenvalue weighted by molar-refractivity contribution is 14.0. The predicted molar refractivity (Wildman–Crippen MR) is 141 cm³/mol. The van der Waals surface area contributed by atoms with Crippen LogP contribution >= 0.6 is 24.0 Å². The first kappa shape index (κ1) is 30.7. The molecular formula is C22H45IN6O3. The number of piperidine rings is 1. The lowest BCUT2D eigenvalue weighted by atomic mass is 10.1. The molecule has 188 valence electrons. The lowest BCUT2D eigenvalue weighted by Gasteiger charge is -2.33. The molecule has 0 saturated carbocycles. The van der Waals surface area contributed by atoms with Gasteiger partial charge in [0.25, 0.3) is 0 Å². The zero-order valence-corrected chi connectivity index (χ0v) is 23.4. The molecule has 1 fully saturated rings. The van der Waals surface area contributed by atoms with Crippen LogP contribution in [0.2, 0.25) is 0 Å². The van der Waals surface area contributed by atoms with E-state index in [0.29, 0.717) is 32.2 Å². The Labute approximate surface area is 211 Å². The van der Waals surface area contributed by atoms with Crippen molar-refractivity contribution >= 4 is 41.9 Å². The van der Waals surface area contributed by atoms with Gasteiger partial charge >= 0.3 is 6.09 Å². The van der Waals surface area contributed by atoms with Gasteiger partial charge in [-0.25, -0.2) is 4.79 Å². The molecule has 0 unspecified atom stereocenters. The molecule has 9 nitrogen and oxygen atoms in total. The largest absolute Gasteiger partial charge is 0.444 e. The summed E-state index contributed by atoms with van der Waals surface area (Å²) in [4.78, 5) is 34.5. The molecule has 0 spiro atoms. The minimum Gasteiger partial charge on any atom is -0.444 e. The van der Waals surface area contributed by atoms with Crippen LogP contribution in [0.3, 0.4) is 0 Å². The van der Waals surface area contributed by atoms with E-state index in [4.69, 9.17) is 4.74 Å². The number of hydrogen-bond donors (Lipinski definition) is 2. The number of amides is 2. The maximum atomic E-state index is 12.4. The molecule has 1 heterocycles. The molecule has 10 heteroatoms. The van der Waals surface area contributed by atoms with Gasteiger partial charge in [-0.05, 0) is 47.0 Å². The monoisotopic (exact) mass is 568 g/mol. The minimum absolute atomic E-state index is 0. The second-order valence-corrected chi connectivity index (χ2v) is 9.21. The Morgan fingerprint density at radius 1 is 1.12 bits per heavy atom. The molecule has 0 radical (unpaired) electrons. The molecule has 1 aliphatic rings. The number of nitrogens with one attached hydrogen (secondary N) is 2. The van der Waals surface area contributed by atoms with Crippen molar-refractivity contribution < 1.29 is 14.3 Å². The summed E-state index contributed by atoms with van der Waals surface area (Å²) < 4.78 is 5.51. The van der Waals surface area contributed by atoms with Gasteiger partial charge in [0.1, 0.15) is 5.60 Å². The maximum absolute atomic E-state index is 12.4. The normalized spacial score (nSPS) is 15.5. The zero-order valence-electron chi connectivity index (χ0n) is 21.1. The van der Waals surface area contributed by atoms with Crippen molar-refractivity contribution in [2.45, 2.75) is 65.5 Å². The molecule has 1 saturated heterocycles. The van der Waals surface area contributed by atoms with E-state index in [-0.39, 0.29) is 36.0 Å². The first-order chi connectivity index (χ1) is 14.6. The lowest BCUT2D eigenvalue weighted by molar-refractivity contribution is -0.130. The first-order valence-corrected chi connectivity index (χ1v) is 11.5. The average molecular weight is 569 g/mol. The fourth-order valence-corrected chi connectivity index (χ4v) is 3.25. The van der Waals surface area contributed by atoms with Crippen LogP contribution in [0.4, 0.5) is 4.79 Å². The number of guanidine groups is 1. The number of likely N-dealkylation sites (N-methyl/N-ethyl adjacent to an activating group) is 1. The molecule has 32 heavy (non-hydrogen) atoms. The number of carbonyl (C=O) groups is 2. The van der Waals surface area contributed by atoms with E-state index >= 15 is 0 Å². The van der Waals surface area contributed by atoms with Crippen LogP contribution < -0.4 is 10.6 Å². The van der Waals surface area contributed by atoms with Gasteiger partial charge in [0.05, 0.1) is 13.1 Å². The van der Waals surface area contributed by atoms with Crippen molar-refractivity contribution in [3.05, 3.63) is 0 Å². The van der Waals surface area contributed by atoms with Crippen LogP contribution in [0.25, 0.3) is 0 Å². The van der Waals surface area contributed by atoms with Crippen molar-refractivity contribution in [2.24, 2.45) is 4.99 Å². The third kappa shape index (κ3) is 12.7. The molecule has 1 aliphatic heterocycles. The number of likely N-dealkylation sites (tertiary alicyclic amines) is 1. The minimum atomic E-state index is -0.505. The van der Waals surface area contributed by atoms with E-state index in [9.17, 15) is 9.59 Å². The third-order valence-corrected chi connectivity index (χ3v) is 4.92. The molecule has 0 bridgehead atoms. The average Bonchev–Trinajstić information content (AvgIpc) is 2.67. The SMILES string of the molecule is CCCN(CCN=C(NCC)NC1CCN(CC(=O)N(C)C)CC1)C(=O)OC(C)(C)C.I. The Hall–Kier alpha value is -1.30. The maximum Gasteiger partial charge on any atom is 0.410 e. The quantitative estimate of drug-likeness (QED) is 0.252. The van der Waals surface area contributed by atoms with Gasteiger partial charge in [-0.3, -0.25) is 14.7 Å². The molecular weight excluding hydrogens is 523 g/mol. The predicted octanol–water partition coefficient (Wildman–Crippen LogP) is 2.36. The Morgan fingerprint density at radius 3 is 2.25 bits per heavy atom. The van der Waals surface area contributed by atoms with E-state index < -0.39 is 5.60 Å². The van der Waals surface area contributed by atoms with Crippen molar-refractivity contribution in [2.75, 3.05) is 59.9 Å². The molecule has 0 atom stereocenters. The van der Waals surface area contributed by atoms with Crippen LogP contribution in [0.1, 0.15) is 53.9 Å². The Morgan fingerprint density at radius 2 is 1.75 bits per heavy atom. The topological polar surface area (TPSA) is 89.5 Å². The highest BCUT2D eigenvalue weighted by Crippen LogP contribution is 2.11. The summed E-state index contributed by atoms with van der Waals surface area (Å²) >= 11 is 0. The Bertz CT molecular complexity index is 587. The first-order valence-electron chi connectivity index (χ1n) is 11.5. The lowest BCUT2D eigenvalue weighted by Crippen LogP contribution is -2.50. The smallest absolute Gasteiger partial charge is 0.410 e. The molecule has 2 N–H and O–H groups in total. The van der Waals surface area contributed by atoms with Gasteiger partial charge in [-0.2, -0.15) is 0 Å². The number of ether oxygens (including phenoxy) is 1. The van der Waals surface area contributed by atoms with Gasteiger partial charge in [0.2, 0.25) is 5.91 Å². The highest BCUT2D eigenvalue weighted by atomic mass is 127. The van der Waals surface area contributed by atoms with Crippen molar-refractivity contribution in [3.63, 3.8) is 0 Å². The molecule has 0 aromatic carbocycles. The summed E-state index contributed by atoms with van der Waals surface area (Å²) in [5, 5.41) is 6.80. The van der Waals surface area contributed by atoms with Crippen LogP contribution in [0.5, 0.6) is 0 Å². The van der Waals surface area contributed by atoms with Gasteiger partial charge in [-0.1, -0.05) is 6.92 Å². The van der Waals surface area contributed by atoms with Crippen molar-refractivity contribution in [1.29, 1.82) is 0 Å². The second-order valence-electron chi connectivity index (χ2n) is 9.21. The number of nitrogens with zero attached hydrogens (tertiary/aromatic N) is 4. The molecule has 0 aromatic rings. The van der Waals surface area contributed by atoms with Crippen LogP contribution in [0.15, 0.2) is 4.99 Å². The second kappa shape index (κ2) is 15.5. The highest BCUT2D eigenvalue weighted by Gasteiger charge is 2.23. The van der Waals surface area contributed by atoms with E-state index in [1.165, 1.54) is 0 Å². The number of aliphatic imine (C=N–C) groups is 1. The number of carbonyl (C=O) groups excluding carboxylic acids is 2. The molecule has 0 aromatic heterocycles. The summed E-state index contributed by atoms with van der Waals surface area (Å²) in [5.74, 6) is 0.911. The standard InChI is InChI=1S/C22H44N6O3.HI/c1-8-13-28(21(30)31-22(3,4)5)16-12-24-20(23-9-2)25-18-10-14-27(15-11-18)17-19(29)26(6)7;/h18H,8-17H2,1-7H3,(H2,23,24,25);1H.